The summed E-state index contributed by atoms with van der Waals surface area (Å²) in [5, 5.41) is 0. The van der Waals surface area contributed by atoms with Gasteiger partial charge in [0.2, 0.25) is 0 Å². The Kier molecular flexibility index (Phi) is 2.78. The first kappa shape index (κ1) is 7.63. The van der Waals surface area contributed by atoms with Crippen molar-refractivity contribution in [1.29, 1.82) is 0 Å². The Balaban J connectivity index is 2.59. The minimum atomic E-state index is -0.748. The summed E-state index contributed by atoms with van der Waals surface area (Å²) in [7, 11) is 0. The Morgan fingerprint density at radius 2 is 2.40 bits per heavy atom. The minimum Gasteiger partial charge on any atom is -0.616 e. The molecule has 0 amide bonds. The van der Waals surface area contributed by atoms with Crippen molar-refractivity contribution in [1.82, 2.24) is 0 Å². The Bertz CT molecular complexity index is 184. The van der Waals surface area contributed by atoms with Crippen LogP contribution in [-0.4, -0.2) is 10.8 Å². The Hall–Kier alpha value is -0.470. The van der Waals surface area contributed by atoms with Crippen LogP contribution in [0, 0.1) is 6.07 Å². The molecule has 0 fully saturated rings. The number of hydrogen-bond donors (Lipinski definition) is 0. The molecular weight excluding hydrogens is 144 g/mol. The van der Waals surface area contributed by atoms with Crippen LogP contribution in [0.25, 0.3) is 0 Å². The molecule has 0 aliphatic rings. The summed E-state index contributed by atoms with van der Waals surface area (Å²) in [5.74, 6) is 0.612. The molecule has 0 saturated carbocycles. The highest BCUT2D eigenvalue weighted by atomic mass is 32.2. The minimum absolute atomic E-state index is 0.612. The molecule has 1 rings (SSSR count). The zero-order valence-corrected chi connectivity index (χ0v) is 6.65. The fourth-order valence-electron chi connectivity index (χ4n) is 0.739. The van der Waals surface area contributed by atoms with E-state index in [2.05, 4.69) is 6.07 Å². The number of benzene rings is 1. The number of hydrogen-bond acceptors (Lipinski definition) is 1. The lowest BCUT2D eigenvalue weighted by Gasteiger charge is -2.02. The molecule has 0 aliphatic heterocycles. The highest BCUT2D eigenvalue weighted by molar-refractivity contribution is 7.89. The highest BCUT2D eigenvalue weighted by Gasteiger charge is 1.97. The van der Waals surface area contributed by atoms with Crippen molar-refractivity contribution in [2.24, 2.45) is 0 Å². The second-order valence-electron chi connectivity index (χ2n) is 2.11. The third-order valence-corrected chi connectivity index (χ3v) is 1.85. The maximum atomic E-state index is 10.7. The summed E-state index contributed by atoms with van der Waals surface area (Å²) in [6.45, 7) is 0. The standard InChI is InChI=1S/C8H9OS/c1-10(9)7-8-5-3-2-4-6-8/h2-5H,7H2,1H3. The van der Waals surface area contributed by atoms with Crippen LogP contribution in [-0.2, 0) is 16.9 Å². The monoisotopic (exact) mass is 153 g/mol. The quantitative estimate of drug-likeness (QED) is 0.588. The van der Waals surface area contributed by atoms with Gasteiger partial charge < -0.3 is 4.55 Å². The van der Waals surface area contributed by atoms with Crippen LogP contribution in [0.1, 0.15) is 5.56 Å². The largest absolute Gasteiger partial charge is 0.616 e. The van der Waals surface area contributed by atoms with E-state index in [9.17, 15) is 4.55 Å². The Morgan fingerprint density at radius 3 is 2.90 bits per heavy atom. The van der Waals surface area contributed by atoms with Crippen molar-refractivity contribution in [2.45, 2.75) is 5.75 Å². The van der Waals surface area contributed by atoms with E-state index in [0.29, 0.717) is 5.75 Å². The topological polar surface area (TPSA) is 23.1 Å². The molecule has 0 spiro atoms. The average Bonchev–Trinajstić information content (AvgIpc) is 1.88. The molecule has 1 aromatic rings. The zero-order valence-electron chi connectivity index (χ0n) is 5.83. The SMILES string of the molecule is C[S+]([O-])Cc1[c]cccc1. The molecule has 0 saturated heterocycles. The molecule has 0 aromatic heterocycles. The summed E-state index contributed by atoms with van der Waals surface area (Å²) in [4.78, 5) is 0. The Labute approximate surface area is 64.3 Å². The van der Waals surface area contributed by atoms with Gasteiger partial charge in [0.05, 0.1) is 6.26 Å². The van der Waals surface area contributed by atoms with E-state index in [0.717, 1.165) is 5.56 Å². The molecular formula is C8H9OS. The fourth-order valence-corrected chi connectivity index (χ4v) is 1.36. The van der Waals surface area contributed by atoms with Crippen LogP contribution in [0.2, 0.25) is 0 Å². The lowest BCUT2D eigenvalue weighted by molar-refractivity contribution is 0.600. The van der Waals surface area contributed by atoms with Crippen molar-refractivity contribution in [3.05, 3.63) is 35.9 Å². The van der Waals surface area contributed by atoms with Gasteiger partial charge in [0.15, 0.2) is 0 Å². The molecule has 10 heavy (non-hydrogen) atoms. The Morgan fingerprint density at radius 1 is 1.60 bits per heavy atom. The molecule has 0 N–H and O–H groups in total. The summed E-state index contributed by atoms with van der Waals surface area (Å²) in [6, 6.07) is 10.6. The van der Waals surface area contributed by atoms with Gasteiger partial charge in [0.1, 0.15) is 5.75 Å². The van der Waals surface area contributed by atoms with Crippen molar-refractivity contribution in [2.75, 3.05) is 6.26 Å². The van der Waals surface area contributed by atoms with E-state index < -0.39 is 11.2 Å². The lowest BCUT2D eigenvalue weighted by atomic mass is 10.2. The lowest BCUT2D eigenvalue weighted by Crippen LogP contribution is -2.00. The van der Waals surface area contributed by atoms with E-state index in [1.54, 1.807) is 6.26 Å². The zero-order chi connectivity index (χ0) is 7.40. The first-order valence-corrected chi connectivity index (χ1v) is 4.77. The molecule has 1 atom stereocenters. The third kappa shape index (κ3) is 2.42. The van der Waals surface area contributed by atoms with Crippen LogP contribution in [0.15, 0.2) is 24.3 Å². The molecule has 0 bridgehead atoms. The second-order valence-corrected chi connectivity index (χ2v) is 3.54. The van der Waals surface area contributed by atoms with Crippen LogP contribution in [0.4, 0.5) is 0 Å². The van der Waals surface area contributed by atoms with Gasteiger partial charge in [-0.25, -0.2) is 0 Å². The van der Waals surface area contributed by atoms with Gasteiger partial charge in [0, 0.05) is 5.56 Å². The molecule has 0 heterocycles. The highest BCUT2D eigenvalue weighted by Crippen LogP contribution is 2.02. The third-order valence-electron chi connectivity index (χ3n) is 1.13. The fraction of sp³-hybridized carbons (Fsp3) is 0.250. The van der Waals surface area contributed by atoms with E-state index in [1.165, 1.54) is 0 Å². The van der Waals surface area contributed by atoms with Gasteiger partial charge in [0.25, 0.3) is 0 Å². The van der Waals surface area contributed by atoms with Gasteiger partial charge in [-0.3, -0.25) is 0 Å². The molecule has 0 aliphatic carbocycles. The van der Waals surface area contributed by atoms with Gasteiger partial charge in [-0.05, 0) is 6.07 Å². The van der Waals surface area contributed by atoms with Gasteiger partial charge in [-0.1, -0.05) is 35.4 Å². The second kappa shape index (κ2) is 3.64. The summed E-state index contributed by atoms with van der Waals surface area (Å²) in [5.41, 5.74) is 1.02. The maximum Gasteiger partial charge on any atom is 0.130 e. The maximum absolute atomic E-state index is 10.7. The molecule has 1 nitrogen and oxygen atoms in total. The van der Waals surface area contributed by atoms with Crippen LogP contribution in [0.3, 0.4) is 0 Å². The predicted octanol–water partition coefficient (Wildman–Crippen LogP) is 1.37. The molecule has 1 aromatic carbocycles. The van der Waals surface area contributed by atoms with Crippen LogP contribution >= 0.6 is 0 Å². The summed E-state index contributed by atoms with van der Waals surface area (Å²) in [6.07, 6.45) is 1.70. The summed E-state index contributed by atoms with van der Waals surface area (Å²) < 4.78 is 10.7. The van der Waals surface area contributed by atoms with Gasteiger partial charge in [-0.2, -0.15) is 0 Å². The van der Waals surface area contributed by atoms with Crippen molar-refractivity contribution in [3.63, 3.8) is 0 Å². The normalized spacial score (nSPS) is 13.0. The molecule has 1 radical (unpaired) electrons. The van der Waals surface area contributed by atoms with E-state index in [-0.39, 0.29) is 0 Å². The predicted molar refractivity (Wildman–Crippen MR) is 43.0 cm³/mol. The van der Waals surface area contributed by atoms with Crippen LogP contribution in [0.5, 0.6) is 0 Å². The first-order valence-electron chi connectivity index (χ1n) is 3.04. The van der Waals surface area contributed by atoms with E-state index in [4.69, 9.17) is 0 Å². The number of rotatable bonds is 2. The van der Waals surface area contributed by atoms with E-state index in [1.807, 2.05) is 24.3 Å². The average molecular weight is 153 g/mol. The van der Waals surface area contributed by atoms with E-state index >= 15 is 0 Å². The van der Waals surface area contributed by atoms with Gasteiger partial charge in [-0.15, -0.1) is 0 Å². The van der Waals surface area contributed by atoms with Crippen molar-refractivity contribution < 1.29 is 4.55 Å². The summed E-state index contributed by atoms with van der Waals surface area (Å²) >= 11 is -0.748. The van der Waals surface area contributed by atoms with Crippen molar-refractivity contribution in [3.8, 4) is 0 Å². The van der Waals surface area contributed by atoms with Crippen molar-refractivity contribution >= 4 is 11.2 Å². The molecule has 1 unspecified atom stereocenters. The molecule has 2 heteroatoms. The van der Waals surface area contributed by atoms with Gasteiger partial charge >= 0.3 is 0 Å². The van der Waals surface area contributed by atoms with Crippen LogP contribution < -0.4 is 0 Å². The smallest absolute Gasteiger partial charge is 0.130 e. The first-order chi connectivity index (χ1) is 4.79. The molecule has 53 valence electrons.